The number of rotatable bonds is 0. The van der Waals surface area contributed by atoms with Crippen LogP contribution in [0.1, 0.15) is 19.3 Å². The average molecular weight is 310 g/mol. The van der Waals surface area contributed by atoms with Gasteiger partial charge in [-0.3, -0.25) is 0 Å². The molecule has 12 heteroatoms. The molecule has 1 saturated carbocycles. The van der Waals surface area contributed by atoms with Crippen molar-refractivity contribution in [3.05, 3.63) is 12.2 Å². The van der Waals surface area contributed by atoms with E-state index in [-0.39, 0.29) is 0 Å². The minimum absolute atomic E-state index is 0.991. The third kappa shape index (κ3) is 22.7. The Balaban J connectivity index is -0.0000000476. The quantitative estimate of drug-likeness (QED) is 0.295. The molecule has 0 radical (unpaired) electrons. The van der Waals surface area contributed by atoms with Gasteiger partial charge in [0.15, 0.2) is 0 Å². The zero-order valence-corrected chi connectivity index (χ0v) is 9.38. The largest absolute Gasteiger partial charge is 0.209 e. The molecule has 2 bridgehead atoms. The molecule has 0 amide bonds. The topological polar surface area (TPSA) is 121 Å². The normalized spacial score (nSPS) is 18.7. The summed E-state index contributed by atoms with van der Waals surface area (Å²) in [6, 6.07) is 0. The van der Waals surface area contributed by atoms with Crippen molar-refractivity contribution in [2.24, 2.45) is 11.8 Å². The van der Waals surface area contributed by atoms with Gasteiger partial charge in [0.05, 0.1) is 0 Å². The SMILES string of the molecule is C1=CC2CCC1C2.OF.OF.OF.OF.OF.OF. The van der Waals surface area contributed by atoms with E-state index in [2.05, 4.69) is 12.2 Å². The lowest BCUT2D eigenvalue weighted by atomic mass is 10.1. The van der Waals surface area contributed by atoms with Gasteiger partial charge in [0.25, 0.3) is 0 Å². The molecule has 0 aromatic rings. The van der Waals surface area contributed by atoms with Crippen molar-refractivity contribution in [2.75, 3.05) is 0 Å². The molecule has 2 aliphatic carbocycles. The molecular formula is C7H16F6O6. The molecule has 19 heavy (non-hydrogen) atoms. The Kier molecular flexibility index (Phi) is 70.5. The molecule has 2 unspecified atom stereocenters. The fourth-order valence-electron chi connectivity index (χ4n) is 1.72. The number of hydrogen-bond acceptors (Lipinski definition) is 6. The molecule has 0 saturated heterocycles. The van der Waals surface area contributed by atoms with E-state index >= 15 is 0 Å². The first kappa shape index (κ1) is 30.8. The van der Waals surface area contributed by atoms with Crippen LogP contribution in [0, 0.1) is 11.8 Å². The van der Waals surface area contributed by atoms with Crippen molar-refractivity contribution < 1.29 is 59.0 Å². The van der Waals surface area contributed by atoms with E-state index in [9.17, 15) is 0 Å². The summed E-state index contributed by atoms with van der Waals surface area (Å²) in [5, 5.41) is 33.0. The highest BCUT2D eigenvalue weighted by Gasteiger charge is 2.25. The van der Waals surface area contributed by atoms with Crippen molar-refractivity contribution in [3.63, 3.8) is 0 Å². The Morgan fingerprint density at radius 2 is 0.737 bits per heavy atom. The Morgan fingerprint density at radius 3 is 0.789 bits per heavy atom. The van der Waals surface area contributed by atoms with Gasteiger partial charge in [0.2, 0.25) is 0 Å². The van der Waals surface area contributed by atoms with E-state index in [4.69, 9.17) is 59.0 Å². The average Bonchev–Trinajstić information content (AvgIpc) is 3.24. The third-order valence-electron chi connectivity index (χ3n) is 2.17. The van der Waals surface area contributed by atoms with Crippen LogP contribution in [-0.4, -0.2) is 31.9 Å². The third-order valence-corrected chi connectivity index (χ3v) is 2.17. The Bertz CT molecular complexity index is 121. The van der Waals surface area contributed by atoms with Crippen LogP contribution in [0.4, 0.5) is 27.2 Å². The fourth-order valence-corrected chi connectivity index (χ4v) is 1.72. The van der Waals surface area contributed by atoms with Gasteiger partial charge < -0.3 is 0 Å². The first-order valence-electron chi connectivity index (χ1n) is 4.15. The molecule has 122 valence electrons. The lowest BCUT2D eigenvalue weighted by Crippen LogP contribution is -1.82. The highest BCUT2D eigenvalue weighted by molar-refractivity contribution is 5.06. The lowest BCUT2D eigenvalue weighted by molar-refractivity contribution is -0.0442. The second-order valence-corrected chi connectivity index (χ2v) is 2.72. The molecular weight excluding hydrogens is 294 g/mol. The van der Waals surface area contributed by atoms with Gasteiger partial charge in [0, 0.05) is 0 Å². The zero-order chi connectivity index (χ0) is 16.7. The second-order valence-electron chi connectivity index (χ2n) is 2.72. The van der Waals surface area contributed by atoms with Gasteiger partial charge in [0.1, 0.15) is 0 Å². The van der Waals surface area contributed by atoms with Crippen LogP contribution in [0.15, 0.2) is 12.2 Å². The van der Waals surface area contributed by atoms with Crippen molar-refractivity contribution >= 4 is 0 Å². The van der Waals surface area contributed by atoms with Crippen LogP contribution in [-0.2, 0) is 0 Å². The van der Waals surface area contributed by atoms with E-state index in [1.54, 1.807) is 0 Å². The Morgan fingerprint density at radius 1 is 0.526 bits per heavy atom. The van der Waals surface area contributed by atoms with Crippen LogP contribution >= 0.6 is 0 Å². The molecule has 0 aromatic heterocycles. The standard InChI is InChI=1S/C7H10.6FHO/c1-2-7-4-3-6(1)5-7;6*1-2/h1-2,6-7H,3-5H2;6*2H. The molecule has 2 rings (SSSR count). The maximum Gasteiger partial charge on any atom is -0.0228 e. The maximum atomic E-state index is 8.50. The van der Waals surface area contributed by atoms with E-state index in [1.807, 2.05) is 0 Å². The lowest BCUT2D eigenvalue weighted by Gasteiger charge is -1.96. The molecule has 0 heterocycles. The highest BCUT2D eigenvalue weighted by Crippen LogP contribution is 2.38. The molecule has 0 aromatic carbocycles. The number of halogens is 6. The minimum Gasteiger partial charge on any atom is -0.209 e. The van der Waals surface area contributed by atoms with Gasteiger partial charge in [-0.2, -0.15) is 0 Å². The number of allylic oxidation sites excluding steroid dienone is 2. The summed E-state index contributed by atoms with van der Waals surface area (Å²) < 4.78 is 51.0. The van der Waals surface area contributed by atoms with Crippen molar-refractivity contribution in [1.82, 2.24) is 0 Å². The van der Waals surface area contributed by atoms with Crippen LogP contribution in [0.25, 0.3) is 0 Å². The van der Waals surface area contributed by atoms with Crippen LogP contribution in [0.5, 0.6) is 0 Å². The van der Waals surface area contributed by atoms with E-state index < -0.39 is 0 Å². The van der Waals surface area contributed by atoms with Gasteiger partial charge >= 0.3 is 0 Å². The maximum absolute atomic E-state index is 8.50. The summed E-state index contributed by atoms with van der Waals surface area (Å²) in [6.45, 7) is 0. The summed E-state index contributed by atoms with van der Waals surface area (Å²) in [7, 11) is 0. The van der Waals surface area contributed by atoms with Gasteiger partial charge in [-0.1, -0.05) is 39.3 Å². The summed E-state index contributed by atoms with van der Waals surface area (Å²) >= 11 is 0. The van der Waals surface area contributed by atoms with Crippen molar-refractivity contribution in [2.45, 2.75) is 19.3 Å². The predicted octanol–water partition coefficient (Wildman–Crippen LogP) is 1.15. The van der Waals surface area contributed by atoms with E-state index in [0.29, 0.717) is 0 Å². The molecule has 2 atom stereocenters. The summed E-state index contributed by atoms with van der Waals surface area (Å²) in [5.41, 5.74) is 0. The van der Waals surface area contributed by atoms with Crippen molar-refractivity contribution in [1.29, 1.82) is 0 Å². The Labute approximate surface area is 103 Å². The molecule has 0 aliphatic heterocycles. The second kappa shape index (κ2) is 43.5. The highest BCUT2D eigenvalue weighted by atomic mass is 19.3. The molecule has 0 spiro atoms. The fraction of sp³-hybridized carbons (Fsp3) is 0.714. The van der Waals surface area contributed by atoms with E-state index in [0.717, 1.165) is 11.8 Å². The first-order chi connectivity index (χ1) is 9.45. The first-order valence-corrected chi connectivity index (χ1v) is 4.15. The molecule has 1 fully saturated rings. The van der Waals surface area contributed by atoms with Crippen molar-refractivity contribution in [3.8, 4) is 0 Å². The minimum atomic E-state index is 0.991. The monoisotopic (exact) mass is 310 g/mol. The van der Waals surface area contributed by atoms with Gasteiger partial charge in [-0.25, -0.2) is 31.9 Å². The smallest absolute Gasteiger partial charge is 0.0228 e. The molecule has 6 N–H and O–H groups in total. The summed E-state index contributed by atoms with van der Waals surface area (Å²) in [4.78, 5) is 0. The van der Waals surface area contributed by atoms with Crippen LogP contribution in [0.2, 0.25) is 0 Å². The van der Waals surface area contributed by atoms with Gasteiger partial charge in [-0.05, 0) is 31.1 Å². The molecule has 2 aliphatic rings. The van der Waals surface area contributed by atoms with Gasteiger partial charge in [-0.15, -0.1) is 0 Å². The predicted molar refractivity (Wildman–Crippen MR) is 49.9 cm³/mol. The van der Waals surface area contributed by atoms with Crippen LogP contribution in [0.3, 0.4) is 0 Å². The Hall–Kier alpha value is -0.920. The molecule has 6 nitrogen and oxygen atoms in total. The number of fused-ring (bicyclic) bond motifs is 2. The van der Waals surface area contributed by atoms with E-state index in [1.165, 1.54) is 19.3 Å². The number of hydrogen-bond donors (Lipinski definition) is 6. The summed E-state index contributed by atoms with van der Waals surface area (Å²) in [5.74, 6) is 1.98. The van der Waals surface area contributed by atoms with Crippen LogP contribution < -0.4 is 0 Å². The zero-order valence-electron chi connectivity index (χ0n) is 9.38. The summed E-state index contributed by atoms with van der Waals surface area (Å²) in [6.07, 6.45) is 9.19.